The van der Waals surface area contributed by atoms with Crippen molar-refractivity contribution in [2.45, 2.75) is 25.3 Å². The van der Waals surface area contributed by atoms with Crippen LogP contribution in [0.25, 0.3) is 0 Å². The number of aliphatic hydroxyl groups is 1. The van der Waals surface area contributed by atoms with Crippen molar-refractivity contribution in [2.75, 3.05) is 39.1 Å². The summed E-state index contributed by atoms with van der Waals surface area (Å²) in [5.74, 6) is 10.4. The number of amides is 2. The van der Waals surface area contributed by atoms with Gasteiger partial charge in [0.05, 0.1) is 0 Å². The molecule has 0 saturated heterocycles. The molecule has 0 aliphatic rings. The predicted octanol–water partition coefficient (Wildman–Crippen LogP) is 1.38. The number of nitrogens with one attached hydrogen (secondary N) is 2. The molecule has 2 aromatic carbocycles. The summed E-state index contributed by atoms with van der Waals surface area (Å²) in [4.78, 5) is 37.9. The molecule has 0 unspecified atom stereocenters. The summed E-state index contributed by atoms with van der Waals surface area (Å²) in [5, 5.41) is 14.3. The first kappa shape index (κ1) is 28.3. The molecule has 0 radical (unpaired) electrons. The molecule has 0 heterocycles. The zero-order chi connectivity index (χ0) is 26.3. The van der Waals surface area contributed by atoms with E-state index in [1.807, 2.05) is 38.4 Å². The van der Waals surface area contributed by atoms with Crippen molar-refractivity contribution in [3.8, 4) is 23.7 Å². The fraction of sp³-hybridized carbons (Fsp3) is 0.321. The highest BCUT2D eigenvalue weighted by atomic mass is 16.3. The van der Waals surface area contributed by atoms with Crippen LogP contribution in [0, 0.1) is 23.7 Å². The van der Waals surface area contributed by atoms with Crippen molar-refractivity contribution in [3.63, 3.8) is 0 Å². The van der Waals surface area contributed by atoms with E-state index in [0.29, 0.717) is 17.5 Å². The predicted molar refractivity (Wildman–Crippen MR) is 140 cm³/mol. The standard InChI is InChI=1S/C28H32N4O4/c1-32(2)18-6-5-9-27(35)30-24-16-12-22(13-17-24)8-4-3-7-21-10-14-23(15-11-21)28(36)31-25(19-29)26(34)20-33/h10-17,25,33H,5-6,9,18-20,29H2,1-2H3,(H,30,35)(H,31,36)/t25-/m0/s1. The number of aliphatic hydroxyl groups excluding tert-OH is 1. The Kier molecular flexibility index (Phi) is 11.9. The minimum absolute atomic E-state index is 0.000183. The molecule has 0 aliphatic carbocycles. The number of ketones is 1. The van der Waals surface area contributed by atoms with E-state index in [4.69, 9.17) is 10.8 Å². The molecule has 8 nitrogen and oxygen atoms in total. The summed E-state index contributed by atoms with van der Waals surface area (Å²) in [6.45, 7) is 0.189. The molecule has 0 aliphatic heterocycles. The molecule has 0 saturated carbocycles. The Morgan fingerprint density at radius 3 is 2.06 bits per heavy atom. The lowest BCUT2D eigenvalue weighted by Crippen LogP contribution is -2.46. The molecule has 5 N–H and O–H groups in total. The third kappa shape index (κ3) is 10.1. The van der Waals surface area contributed by atoms with Crippen LogP contribution in [0.5, 0.6) is 0 Å². The van der Waals surface area contributed by atoms with E-state index >= 15 is 0 Å². The van der Waals surface area contributed by atoms with Crippen molar-refractivity contribution >= 4 is 23.3 Å². The number of carbonyl (C=O) groups excluding carboxylic acids is 3. The first-order valence-corrected chi connectivity index (χ1v) is 11.6. The number of hydrogen-bond acceptors (Lipinski definition) is 6. The van der Waals surface area contributed by atoms with Crippen molar-refractivity contribution < 1.29 is 19.5 Å². The highest BCUT2D eigenvalue weighted by Crippen LogP contribution is 2.10. The van der Waals surface area contributed by atoms with Gasteiger partial charge in [-0.05, 0) is 93.9 Å². The van der Waals surface area contributed by atoms with Crippen LogP contribution in [0.4, 0.5) is 5.69 Å². The summed E-state index contributed by atoms with van der Waals surface area (Å²) >= 11 is 0. The van der Waals surface area contributed by atoms with Gasteiger partial charge in [0.15, 0.2) is 5.78 Å². The van der Waals surface area contributed by atoms with Gasteiger partial charge in [0, 0.05) is 35.3 Å². The molecule has 0 aromatic heterocycles. The second kappa shape index (κ2) is 15.1. The molecule has 1 atom stereocenters. The van der Waals surface area contributed by atoms with Crippen molar-refractivity contribution in [2.24, 2.45) is 5.73 Å². The van der Waals surface area contributed by atoms with E-state index in [0.717, 1.165) is 30.6 Å². The molecule has 0 fully saturated rings. The maximum Gasteiger partial charge on any atom is 0.251 e. The van der Waals surface area contributed by atoms with Gasteiger partial charge in [-0.3, -0.25) is 14.4 Å². The third-order valence-electron chi connectivity index (χ3n) is 5.14. The van der Waals surface area contributed by atoms with Gasteiger partial charge in [-0.2, -0.15) is 0 Å². The normalized spacial score (nSPS) is 10.9. The van der Waals surface area contributed by atoms with Gasteiger partial charge in [-0.15, -0.1) is 0 Å². The average Bonchev–Trinajstić information content (AvgIpc) is 2.88. The van der Waals surface area contributed by atoms with Gasteiger partial charge in [-0.25, -0.2) is 0 Å². The van der Waals surface area contributed by atoms with Crippen LogP contribution in [-0.2, 0) is 9.59 Å². The Morgan fingerprint density at radius 1 is 0.944 bits per heavy atom. The number of unbranched alkanes of at least 4 members (excludes halogenated alkanes) is 1. The van der Waals surface area contributed by atoms with Crippen LogP contribution in [0.3, 0.4) is 0 Å². The molecule has 188 valence electrons. The number of benzene rings is 2. The van der Waals surface area contributed by atoms with Gasteiger partial charge in [0.2, 0.25) is 5.91 Å². The van der Waals surface area contributed by atoms with Crippen LogP contribution >= 0.6 is 0 Å². The summed E-state index contributed by atoms with van der Waals surface area (Å²) in [7, 11) is 4.03. The molecule has 36 heavy (non-hydrogen) atoms. The Labute approximate surface area is 212 Å². The van der Waals surface area contributed by atoms with Crippen LogP contribution in [0.1, 0.15) is 40.7 Å². The highest BCUT2D eigenvalue weighted by Gasteiger charge is 2.18. The quantitative estimate of drug-likeness (QED) is 0.280. The largest absolute Gasteiger partial charge is 0.388 e. The second-order valence-electron chi connectivity index (χ2n) is 8.35. The second-order valence-corrected chi connectivity index (χ2v) is 8.35. The van der Waals surface area contributed by atoms with Gasteiger partial charge < -0.3 is 26.4 Å². The minimum atomic E-state index is -0.930. The number of nitrogens with zero attached hydrogens (tertiary/aromatic N) is 1. The number of Topliss-reactive ketones (excluding diaryl/α,β-unsaturated/α-hetero) is 1. The zero-order valence-electron chi connectivity index (χ0n) is 20.6. The average molecular weight is 489 g/mol. The Bertz CT molecular complexity index is 1150. The van der Waals surface area contributed by atoms with Crippen LogP contribution in [0.2, 0.25) is 0 Å². The van der Waals surface area contributed by atoms with Crippen molar-refractivity contribution in [1.82, 2.24) is 10.2 Å². The molecule has 8 heteroatoms. The zero-order valence-corrected chi connectivity index (χ0v) is 20.6. The number of anilines is 1. The van der Waals surface area contributed by atoms with E-state index in [-0.39, 0.29) is 12.5 Å². The Morgan fingerprint density at radius 2 is 1.53 bits per heavy atom. The molecular weight excluding hydrogens is 456 g/mol. The number of hydrogen-bond donors (Lipinski definition) is 4. The Balaban J connectivity index is 1.86. The van der Waals surface area contributed by atoms with E-state index < -0.39 is 24.3 Å². The highest BCUT2D eigenvalue weighted by molar-refractivity contribution is 5.98. The number of rotatable bonds is 11. The molecule has 0 spiro atoms. The number of carbonyl (C=O) groups is 3. The smallest absolute Gasteiger partial charge is 0.251 e. The number of nitrogens with two attached hydrogens (primary N) is 1. The van der Waals surface area contributed by atoms with Crippen molar-refractivity contribution in [1.29, 1.82) is 0 Å². The lowest BCUT2D eigenvalue weighted by Gasteiger charge is -2.14. The van der Waals surface area contributed by atoms with Crippen LogP contribution in [0.15, 0.2) is 48.5 Å². The van der Waals surface area contributed by atoms with E-state index in [1.54, 1.807) is 24.3 Å². The first-order chi connectivity index (χ1) is 17.3. The molecule has 2 aromatic rings. The maximum atomic E-state index is 12.2. The van der Waals surface area contributed by atoms with Gasteiger partial charge in [0.25, 0.3) is 5.91 Å². The van der Waals surface area contributed by atoms with Gasteiger partial charge >= 0.3 is 0 Å². The van der Waals surface area contributed by atoms with Gasteiger partial charge in [-0.1, -0.05) is 11.8 Å². The Hall–Kier alpha value is -3.95. The lowest BCUT2D eigenvalue weighted by molar-refractivity contribution is -0.123. The summed E-state index contributed by atoms with van der Waals surface area (Å²) in [6.07, 6.45) is 2.33. The summed E-state index contributed by atoms with van der Waals surface area (Å²) < 4.78 is 0. The monoisotopic (exact) mass is 488 g/mol. The fourth-order valence-corrected chi connectivity index (χ4v) is 3.11. The van der Waals surface area contributed by atoms with E-state index in [9.17, 15) is 14.4 Å². The van der Waals surface area contributed by atoms with Gasteiger partial charge in [0.1, 0.15) is 12.6 Å². The summed E-state index contributed by atoms with van der Waals surface area (Å²) in [6, 6.07) is 12.8. The summed E-state index contributed by atoms with van der Waals surface area (Å²) in [5.41, 5.74) is 7.98. The molecule has 0 bridgehead atoms. The first-order valence-electron chi connectivity index (χ1n) is 11.6. The van der Waals surface area contributed by atoms with Crippen LogP contribution < -0.4 is 16.4 Å². The third-order valence-corrected chi connectivity index (χ3v) is 5.14. The molecule has 2 amide bonds. The minimum Gasteiger partial charge on any atom is -0.388 e. The SMILES string of the molecule is CN(C)CCCCC(=O)Nc1ccc(C#CC#Cc2ccc(C(=O)N[C@@H](CN)C(=O)CO)cc2)cc1. The maximum absolute atomic E-state index is 12.2. The lowest BCUT2D eigenvalue weighted by atomic mass is 10.1. The fourth-order valence-electron chi connectivity index (χ4n) is 3.11. The van der Waals surface area contributed by atoms with Crippen LogP contribution in [-0.4, -0.2) is 67.4 Å². The van der Waals surface area contributed by atoms with E-state index in [1.165, 1.54) is 0 Å². The topological polar surface area (TPSA) is 125 Å². The molecular formula is C28H32N4O4. The van der Waals surface area contributed by atoms with E-state index in [2.05, 4.69) is 39.2 Å². The van der Waals surface area contributed by atoms with Crippen molar-refractivity contribution in [3.05, 3.63) is 65.2 Å². The molecule has 2 rings (SSSR count).